The molecule has 1 aliphatic rings. The third kappa shape index (κ3) is 6.59. The number of sulfone groups is 1. The van der Waals surface area contributed by atoms with Gasteiger partial charge in [0, 0.05) is 25.4 Å². The highest BCUT2D eigenvalue weighted by Crippen LogP contribution is 2.23. The maximum atomic E-state index is 13.0. The molecule has 1 aliphatic carbocycles. The lowest BCUT2D eigenvalue weighted by molar-refractivity contribution is -0.110. The van der Waals surface area contributed by atoms with Gasteiger partial charge in [0.15, 0.2) is 20.7 Å². The lowest BCUT2D eigenvalue weighted by Crippen LogP contribution is -2.28. The Morgan fingerprint density at radius 2 is 1.94 bits per heavy atom. The fraction of sp³-hybridized carbons (Fsp3) is 0.429. The Labute approximate surface area is 196 Å². The van der Waals surface area contributed by atoms with E-state index in [0.717, 1.165) is 43.3 Å². The number of likely N-dealkylation sites (N-methyl/N-ethyl adjacent to an activating group) is 1. The Balaban J connectivity index is 1.81. The number of hydrogen-bond donors (Lipinski definition) is 2. The summed E-state index contributed by atoms with van der Waals surface area (Å²) in [6.07, 6.45) is 6.15. The van der Waals surface area contributed by atoms with Gasteiger partial charge in [-0.3, -0.25) is 14.9 Å². The van der Waals surface area contributed by atoms with Gasteiger partial charge in [0.05, 0.1) is 17.7 Å². The predicted octanol–water partition coefficient (Wildman–Crippen LogP) is 1.91. The Morgan fingerprint density at radius 1 is 1.27 bits per heavy atom. The number of aliphatic hydroxyl groups is 1. The highest BCUT2D eigenvalue weighted by molar-refractivity contribution is 7.90. The van der Waals surface area contributed by atoms with E-state index in [0.29, 0.717) is 10.4 Å². The fourth-order valence-electron chi connectivity index (χ4n) is 3.23. The lowest BCUT2D eigenvalue weighted by atomic mass is 10.1. The molecule has 0 unspecified atom stereocenters. The van der Waals surface area contributed by atoms with Gasteiger partial charge in [-0.25, -0.2) is 13.4 Å². The van der Waals surface area contributed by atoms with Crippen LogP contribution in [0.25, 0.3) is 0 Å². The van der Waals surface area contributed by atoms with Crippen LogP contribution < -0.4 is 5.32 Å². The summed E-state index contributed by atoms with van der Waals surface area (Å²) < 4.78 is 23.5. The van der Waals surface area contributed by atoms with Crippen LogP contribution in [-0.2, 0) is 19.5 Å². The third-order valence-corrected chi connectivity index (χ3v) is 7.11. The van der Waals surface area contributed by atoms with E-state index in [-0.39, 0.29) is 40.9 Å². The van der Waals surface area contributed by atoms with E-state index in [4.69, 9.17) is 9.94 Å². The summed E-state index contributed by atoms with van der Waals surface area (Å²) >= 11 is 0.994. The second-order valence-electron chi connectivity index (χ2n) is 7.68. The van der Waals surface area contributed by atoms with Gasteiger partial charge < -0.3 is 14.8 Å². The van der Waals surface area contributed by atoms with Crippen molar-refractivity contribution in [2.75, 3.05) is 31.8 Å². The molecule has 0 saturated heterocycles. The minimum atomic E-state index is -3.39. The van der Waals surface area contributed by atoms with Gasteiger partial charge in [0.1, 0.15) is 11.0 Å². The van der Waals surface area contributed by atoms with Crippen molar-refractivity contribution < 1.29 is 28.0 Å². The maximum Gasteiger partial charge on any atom is 0.280 e. The van der Waals surface area contributed by atoms with E-state index in [1.807, 2.05) is 0 Å². The van der Waals surface area contributed by atoms with Crippen LogP contribution in [0.4, 0.5) is 5.13 Å². The average molecular weight is 495 g/mol. The minimum absolute atomic E-state index is 0.0255. The molecule has 0 radical (unpaired) electrons. The molecular formula is C21H26N4O6S2. The zero-order valence-corrected chi connectivity index (χ0v) is 20.0. The number of thiazole rings is 1. The summed E-state index contributed by atoms with van der Waals surface area (Å²) in [7, 11) is -1.83. The molecule has 33 heavy (non-hydrogen) atoms. The van der Waals surface area contributed by atoms with Gasteiger partial charge in [-0.05, 0) is 37.8 Å². The van der Waals surface area contributed by atoms with Crippen LogP contribution in [0.1, 0.15) is 40.9 Å². The highest BCUT2D eigenvalue weighted by Gasteiger charge is 2.22. The van der Waals surface area contributed by atoms with Crippen molar-refractivity contribution in [2.24, 2.45) is 5.16 Å². The monoisotopic (exact) mass is 494 g/mol. The molecule has 1 heterocycles. The number of nitrogens with zero attached hydrogens (tertiary/aromatic N) is 3. The summed E-state index contributed by atoms with van der Waals surface area (Å²) in [5.41, 5.74) is 0.357. The molecule has 1 aromatic heterocycles. The molecule has 0 spiro atoms. The van der Waals surface area contributed by atoms with Crippen LogP contribution >= 0.6 is 11.3 Å². The predicted molar refractivity (Wildman–Crippen MR) is 124 cm³/mol. The van der Waals surface area contributed by atoms with Crippen LogP contribution in [0.3, 0.4) is 0 Å². The number of nitrogens with one attached hydrogen (secondary N) is 1. The van der Waals surface area contributed by atoms with Gasteiger partial charge >= 0.3 is 0 Å². The molecule has 0 aliphatic heterocycles. The zero-order chi connectivity index (χ0) is 24.0. The number of benzene rings is 1. The number of carbonyl (C=O) groups excluding carboxylic acids is 2. The van der Waals surface area contributed by atoms with Gasteiger partial charge in [-0.2, -0.15) is 0 Å². The molecular weight excluding hydrogens is 468 g/mol. The number of rotatable bonds is 9. The Bertz CT molecular complexity index is 1120. The number of carbonyl (C=O) groups is 2. The first kappa shape index (κ1) is 24.8. The average Bonchev–Trinajstić information content (AvgIpc) is 3.45. The minimum Gasteiger partial charge on any atom is -0.395 e. The molecule has 12 heteroatoms. The molecule has 0 atom stereocenters. The van der Waals surface area contributed by atoms with Crippen molar-refractivity contribution >= 4 is 43.8 Å². The van der Waals surface area contributed by atoms with E-state index >= 15 is 0 Å². The van der Waals surface area contributed by atoms with Crippen molar-refractivity contribution in [2.45, 2.75) is 36.7 Å². The van der Waals surface area contributed by atoms with Gasteiger partial charge in [0.25, 0.3) is 11.8 Å². The molecule has 1 saturated carbocycles. The summed E-state index contributed by atoms with van der Waals surface area (Å²) in [6.45, 7) is 0.0147. The Morgan fingerprint density at radius 3 is 2.55 bits per heavy atom. The second kappa shape index (κ2) is 10.9. The van der Waals surface area contributed by atoms with Crippen molar-refractivity contribution in [3.63, 3.8) is 0 Å². The number of oxime groups is 1. The number of anilines is 1. The number of amides is 2. The van der Waals surface area contributed by atoms with Crippen LogP contribution in [0.2, 0.25) is 0 Å². The molecule has 178 valence electrons. The first-order valence-electron chi connectivity index (χ1n) is 10.4. The third-order valence-electron chi connectivity index (χ3n) is 5.09. The number of aliphatic hydroxyl groups excluding tert-OH is 1. The molecule has 3 rings (SSSR count). The van der Waals surface area contributed by atoms with Crippen molar-refractivity contribution in [1.29, 1.82) is 0 Å². The van der Waals surface area contributed by atoms with E-state index in [9.17, 15) is 18.0 Å². The quantitative estimate of drug-likeness (QED) is 0.401. The number of aromatic nitrogens is 1. The van der Waals surface area contributed by atoms with E-state index < -0.39 is 15.7 Å². The Kier molecular flexibility index (Phi) is 8.16. The van der Waals surface area contributed by atoms with E-state index in [1.165, 1.54) is 35.4 Å². The highest BCUT2D eigenvalue weighted by atomic mass is 32.2. The molecule has 0 bridgehead atoms. The standard InChI is InChI=1S/C21H26N4O6S2/c1-25(11-12-26)20(28)17-13-22-21(32-17)23-19(27)18(24-31-15-5-3-4-6-15)14-7-9-16(10-8-14)33(2,29)30/h7-10,13,15,26H,3-6,11-12H2,1-2H3,(H,22,23,27). The van der Waals surface area contributed by atoms with Gasteiger partial charge in [0.2, 0.25) is 0 Å². The van der Waals surface area contributed by atoms with Crippen molar-refractivity contribution in [3.05, 3.63) is 40.9 Å². The molecule has 2 aromatic rings. The van der Waals surface area contributed by atoms with Crippen LogP contribution in [0.5, 0.6) is 0 Å². The smallest absolute Gasteiger partial charge is 0.280 e. The molecule has 10 nitrogen and oxygen atoms in total. The van der Waals surface area contributed by atoms with Crippen molar-refractivity contribution in [3.8, 4) is 0 Å². The largest absolute Gasteiger partial charge is 0.395 e. The van der Waals surface area contributed by atoms with Gasteiger partial charge in [-0.1, -0.05) is 28.6 Å². The molecule has 2 N–H and O–H groups in total. The topological polar surface area (TPSA) is 138 Å². The maximum absolute atomic E-state index is 13.0. The summed E-state index contributed by atoms with van der Waals surface area (Å²) in [5, 5.41) is 15.9. The fourth-order valence-corrected chi connectivity index (χ4v) is 4.67. The lowest BCUT2D eigenvalue weighted by Gasteiger charge is -2.13. The van der Waals surface area contributed by atoms with E-state index in [1.54, 1.807) is 7.05 Å². The molecule has 1 fully saturated rings. The van der Waals surface area contributed by atoms with Gasteiger partial charge in [-0.15, -0.1) is 0 Å². The summed E-state index contributed by atoms with van der Waals surface area (Å²) in [5.74, 6) is -0.922. The van der Waals surface area contributed by atoms with Crippen LogP contribution in [0, 0.1) is 0 Å². The Hall–Kier alpha value is -2.83. The SMILES string of the molecule is CN(CCO)C(=O)c1cnc(NC(=O)C(=NOC2CCCC2)c2ccc(S(C)(=O)=O)cc2)s1. The number of hydrogen-bond acceptors (Lipinski definition) is 9. The second-order valence-corrected chi connectivity index (χ2v) is 10.7. The summed E-state index contributed by atoms with van der Waals surface area (Å²) in [4.78, 5) is 36.8. The first-order chi connectivity index (χ1) is 15.7. The van der Waals surface area contributed by atoms with Crippen LogP contribution in [0.15, 0.2) is 40.5 Å². The first-order valence-corrected chi connectivity index (χ1v) is 13.1. The summed E-state index contributed by atoms with van der Waals surface area (Å²) in [6, 6.07) is 5.79. The molecule has 2 amide bonds. The van der Waals surface area contributed by atoms with Crippen molar-refractivity contribution in [1.82, 2.24) is 9.88 Å². The zero-order valence-electron chi connectivity index (χ0n) is 18.4. The molecule has 1 aromatic carbocycles. The normalized spacial score (nSPS) is 14.8. The van der Waals surface area contributed by atoms with Crippen LogP contribution in [-0.4, -0.2) is 73.5 Å². The van der Waals surface area contributed by atoms with E-state index in [2.05, 4.69) is 15.5 Å².